The van der Waals surface area contributed by atoms with Crippen LogP contribution in [0.5, 0.6) is 0 Å². The molecule has 0 fully saturated rings. The normalized spacial score (nSPS) is 16.2. The number of allylic oxidation sites excluding steroid dienone is 2. The molecular weight excluding hydrogens is 184 g/mol. The van der Waals surface area contributed by atoms with Crippen molar-refractivity contribution in [2.45, 2.75) is 12.8 Å². The number of carbonyl (C=O) groups excluding carboxylic acids is 1. The van der Waals surface area contributed by atoms with Crippen LogP contribution in [0.2, 0.25) is 0 Å². The van der Waals surface area contributed by atoms with E-state index in [9.17, 15) is 4.79 Å². The minimum atomic E-state index is 0.0148. The van der Waals surface area contributed by atoms with E-state index in [-0.39, 0.29) is 5.78 Å². The standard InChI is InChI=1S/C10H10O2S/c11-10(8-4-6-13-7-8)9-3-1-2-5-12-9/h3-4,6-7H,1-2,5H2. The molecule has 0 atom stereocenters. The highest BCUT2D eigenvalue weighted by Crippen LogP contribution is 2.17. The van der Waals surface area contributed by atoms with Gasteiger partial charge in [0.2, 0.25) is 5.78 Å². The molecule has 0 unspecified atom stereocenters. The first-order valence-corrected chi connectivity index (χ1v) is 5.22. The molecule has 1 aromatic rings. The van der Waals surface area contributed by atoms with Crippen LogP contribution >= 0.6 is 11.3 Å². The molecule has 0 aromatic carbocycles. The Kier molecular flexibility index (Phi) is 2.45. The number of ether oxygens (including phenoxy) is 1. The van der Waals surface area contributed by atoms with Crippen molar-refractivity contribution in [3.63, 3.8) is 0 Å². The first kappa shape index (κ1) is 8.51. The molecule has 0 aliphatic carbocycles. The summed E-state index contributed by atoms with van der Waals surface area (Å²) in [6.45, 7) is 0.668. The summed E-state index contributed by atoms with van der Waals surface area (Å²) < 4.78 is 5.28. The maximum atomic E-state index is 11.7. The number of thiophene rings is 1. The maximum Gasteiger partial charge on any atom is 0.228 e. The summed E-state index contributed by atoms with van der Waals surface area (Å²) in [5, 5.41) is 3.75. The molecule has 13 heavy (non-hydrogen) atoms. The summed E-state index contributed by atoms with van der Waals surface area (Å²) in [4.78, 5) is 11.7. The van der Waals surface area contributed by atoms with Gasteiger partial charge in [0, 0.05) is 10.9 Å². The number of rotatable bonds is 2. The lowest BCUT2D eigenvalue weighted by Gasteiger charge is -2.12. The largest absolute Gasteiger partial charge is 0.490 e. The highest BCUT2D eigenvalue weighted by molar-refractivity contribution is 7.08. The van der Waals surface area contributed by atoms with Crippen LogP contribution in [0.15, 0.2) is 28.7 Å². The van der Waals surface area contributed by atoms with Crippen LogP contribution in [0, 0.1) is 0 Å². The van der Waals surface area contributed by atoms with Crippen molar-refractivity contribution in [1.82, 2.24) is 0 Å². The van der Waals surface area contributed by atoms with Crippen molar-refractivity contribution in [1.29, 1.82) is 0 Å². The van der Waals surface area contributed by atoms with E-state index in [1.807, 2.05) is 22.9 Å². The summed E-state index contributed by atoms with van der Waals surface area (Å²) in [5.74, 6) is 0.533. The topological polar surface area (TPSA) is 26.3 Å². The zero-order valence-electron chi connectivity index (χ0n) is 7.16. The Labute approximate surface area is 80.8 Å². The second-order valence-corrected chi connectivity index (χ2v) is 3.68. The lowest BCUT2D eigenvalue weighted by molar-refractivity contribution is 0.0899. The molecule has 0 spiro atoms. The molecule has 68 valence electrons. The first-order chi connectivity index (χ1) is 6.38. The Bertz CT molecular complexity index is 325. The Hall–Kier alpha value is -1.09. The van der Waals surface area contributed by atoms with E-state index < -0.39 is 0 Å². The minimum Gasteiger partial charge on any atom is -0.490 e. The van der Waals surface area contributed by atoms with Crippen molar-refractivity contribution in [2.75, 3.05) is 6.61 Å². The molecule has 3 heteroatoms. The van der Waals surface area contributed by atoms with Gasteiger partial charge in [0.25, 0.3) is 0 Å². The molecule has 0 amide bonds. The number of ketones is 1. The smallest absolute Gasteiger partial charge is 0.228 e. The van der Waals surface area contributed by atoms with E-state index >= 15 is 0 Å². The van der Waals surface area contributed by atoms with Crippen molar-refractivity contribution in [3.8, 4) is 0 Å². The molecular formula is C10H10O2S. The predicted molar refractivity (Wildman–Crippen MR) is 51.9 cm³/mol. The summed E-state index contributed by atoms with van der Waals surface area (Å²) in [5.41, 5.74) is 0.734. The number of hydrogen-bond donors (Lipinski definition) is 0. The quantitative estimate of drug-likeness (QED) is 0.676. The molecule has 2 nitrogen and oxygen atoms in total. The predicted octanol–water partition coefficient (Wildman–Crippen LogP) is 2.63. The fourth-order valence-electron chi connectivity index (χ4n) is 1.25. The lowest BCUT2D eigenvalue weighted by Crippen LogP contribution is -2.10. The monoisotopic (exact) mass is 194 g/mol. The van der Waals surface area contributed by atoms with Gasteiger partial charge in [-0.05, 0) is 30.4 Å². The average molecular weight is 194 g/mol. The van der Waals surface area contributed by atoms with Gasteiger partial charge in [-0.25, -0.2) is 0 Å². The van der Waals surface area contributed by atoms with Gasteiger partial charge >= 0.3 is 0 Å². The van der Waals surface area contributed by atoms with Crippen molar-refractivity contribution >= 4 is 17.1 Å². The summed E-state index contributed by atoms with van der Waals surface area (Å²) in [6.07, 6.45) is 3.84. The fourth-order valence-corrected chi connectivity index (χ4v) is 1.89. The molecule has 1 aliphatic heterocycles. The van der Waals surface area contributed by atoms with Gasteiger partial charge in [-0.3, -0.25) is 4.79 Å². The van der Waals surface area contributed by atoms with E-state index in [2.05, 4.69) is 0 Å². The molecule has 1 aliphatic rings. The van der Waals surface area contributed by atoms with Gasteiger partial charge in [-0.15, -0.1) is 0 Å². The van der Waals surface area contributed by atoms with Gasteiger partial charge < -0.3 is 4.74 Å². The van der Waals surface area contributed by atoms with Crippen LogP contribution in [0.1, 0.15) is 23.2 Å². The van der Waals surface area contributed by atoms with E-state index in [4.69, 9.17) is 4.74 Å². The second-order valence-electron chi connectivity index (χ2n) is 2.90. The molecule has 2 heterocycles. The zero-order chi connectivity index (χ0) is 9.10. The van der Waals surface area contributed by atoms with Crippen molar-refractivity contribution in [3.05, 3.63) is 34.2 Å². The fraction of sp³-hybridized carbons (Fsp3) is 0.300. The molecule has 0 bridgehead atoms. The highest BCUT2D eigenvalue weighted by Gasteiger charge is 2.15. The van der Waals surface area contributed by atoms with E-state index in [1.165, 1.54) is 11.3 Å². The number of hydrogen-bond acceptors (Lipinski definition) is 3. The van der Waals surface area contributed by atoms with Crippen molar-refractivity contribution < 1.29 is 9.53 Å². The summed E-state index contributed by atoms with van der Waals surface area (Å²) >= 11 is 1.53. The third kappa shape index (κ3) is 1.80. The van der Waals surface area contributed by atoms with Crippen LogP contribution in [0.3, 0.4) is 0 Å². The SMILES string of the molecule is O=C(C1=CCCCO1)c1ccsc1. The van der Waals surface area contributed by atoms with Gasteiger partial charge in [0.05, 0.1) is 6.61 Å². The van der Waals surface area contributed by atoms with Gasteiger partial charge in [0.15, 0.2) is 5.76 Å². The minimum absolute atomic E-state index is 0.0148. The summed E-state index contributed by atoms with van der Waals surface area (Å²) in [7, 11) is 0. The Balaban J connectivity index is 2.17. The van der Waals surface area contributed by atoms with Gasteiger partial charge in [0.1, 0.15) is 0 Å². The molecule has 0 saturated carbocycles. The Morgan fingerprint density at radius 3 is 3.08 bits per heavy atom. The summed E-state index contributed by atoms with van der Waals surface area (Å²) in [6, 6.07) is 1.83. The molecule has 1 aromatic heterocycles. The van der Waals surface area contributed by atoms with E-state index in [0.717, 1.165) is 18.4 Å². The lowest BCUT2D eigenvalue weighted by atomic mass is 10.1. The average Bonchev–Trinajstić information content (AvgIpc) is 2.71. The van der Waals surface area contributed by atoms with E-state index in [1.54, 1.807) is 0 Å². The second kappa shape index (κ2) is 3.75. The molecule has 0 N–H and O–H groups in total. The van der Waals surface area contributed by atoms with Crippen LogP contribution in [-0.4, -0.2) is 12.4 Å². The zero-order valence-corrected chi connectivity index (χ0v) is 7.97. The maximum absolute atomic E-state index is 11.7. The number of carbonyl (C=O) groups is 1. The Morgan fingerprint density at radius 2 is 2.46 bits per heavy atom. The Morgan fingerprint density at radius 1 is 1.54 bits per heavy atom. The van der Waals surface area contributed by atoms with E-state index in [0.29, 0.717) is 12.4 Å². The third-order valence-electron chi connectivity index (χ3n) is 1.94. The van der Waals surface area contributed by atoms with Gasteiger partial charge in [-0.2, -0.15) is 11.3 Å². The number of Topliss-reactive ketones (excluding diaryl/α,β-unsaturated/α-hetero) is 1. The first-order valence-electron chi connectivity index (χ1n) is 4.28. The van der Waals surface area contributed by atoms with Crippen LogP contribution in [0.4, 0.5) is 0 Å². The molecule has 2 rings (SSSR count). The molecule has 0 radical (unpaired) electrons. The highest BCUT2D eigenvalue weighted by atomic mass is 32.1. The van der Waals surface area contributed by atoms with Crippen LogP contribution in [-0.2, 0) is 4.74 Å². The van der Waals surface area contributed by atoms with Crippen LogP contribution in [0.25, 0.3) is 0 Å². The van der Waals surface area contributed by atoms with Gasteiger partial charge in [-0.1, -0.05) is 0 Å². The molecule has 0 saturated heterocycles. The third-order valence-corrected chi connectivity index (χ3v) is 2.63. The van der Waals surface area contributed by atoms with Crippen molar-refractivity contribution in [2.24, 2.45) is 0 Å². The van der Waals surface area contributed by atoms with Crippen LogP contribution < -0.4 is 0 Å².